The van der Waals surface area contributed by atoms with Crippen LogP contribution in [-0.2, 0) is 21.6 Å². The van der Waals surface area contributed by atoms with Crippen molar-refractivity contribution in [1.82, 2.24) is 9.55 Å². The molecule has 1 aliphatic rings. The van der Waals surface area contributed by atoms with Crippen LogP contribution in [0.15, 0.2) is 48.8 Å². The fourth-order valence-electron chi connectivity index (χ4n) is 3.90. The highest BCUT2D eigenvalue weighted by atomic mass is 19.1. The highest BCUT2D eigenvalue weighted by Crippen LogP contribution is 2.39. The molecular formula is C23H22F2N2O4. The minimum absolute atomic E-state index is 0.00614. The first-order valence-corrected chi connectivity index (χ1v) is 9.93. The molecule has 162 valence electrons. The molecule has 0 bridgehead atoms. The molecule has 0 saturated carbocycles. The summed E-state index contributed by atoms with van der Waals surface area (Å²) in [6, 6.07) is 9.29. The number of aliphatic carboxylic acids is 1. The van der Waals surface area contributed by atoms with E-state index < -0.39 is 23.0 Å². The molecule has 1 aliphatic heterocycles. The highest BCUT2D eigenvalue weighted by molar-refractivity contribution is 5.82. The van der Waals surface area contributed by atoms with Gasteiger partial charge in [0, 0.05) is 42.9 Å². The summed E-state index contributed by atoms with van der Waals surface area (Å²) in [7, 11) is 0. The van der Waals surface area contributed by atoms with E-state index in [4.69, 9.17) is 9.47 Å². The first-order chi connectivity index (χ1) is 14.9. The quantitative estimate of drug-likeness (QED) is 0.638. The molecule has 1 saturated heterocycles. The van der Waals surface area contributed by atoms with Crippen LogP contribution < -0.4 is 4.74 Å². The van der Waals surface area contributed by atoms with E-state index in [2.05, 4.69) is 4.98 Å². The summed E-state index contributed by atoms with van der Waals surface area (Å²) < 4.78 is 42.2. The topological polar surface area (TPSA) is 73.6 Å². The number of nitrogens with zero attached hydrogens (tertiary/aromatic N) is 2. The highest BCUT2D eigenvalue weighted by Gasteiger charge is 2.44. The number of hydrogen-bond acceptors (Lipinski definition) is 4. The van der Waals surface area contributed by atoms with Crippen LogP contribution in [0.1, 0.15) is 29.8 Å². The molecule has 0 spiro atoms. The van der Waals surface area contributed by atoms with Crippen molar-refractivity contribution in [2.75, 3.05) is 13.2 Å². The summed E-state index contributed by atoms with van der Waals surface area (Å²) in [5.41, 5.74) is -0.0665. The van der Waals surface area contributed by atoms with Crippen molar-refractivity contribution in [2.24, 2.45) is 0 Å². The summed E-state index contributed by atoms with van der Waals surface area (Å²) >= 11 is 0. The molecule has 4 rings (SSSR count). The Morgan fingerprint density at radius 1 is 1.23 bits per heavy atom. The van der Waals surface area contributed by atoms with Gasteiger partial charge in [0.25, 0.3) is 0 Å². The molecular weight excluding hydrogens is 406 g/mol. The van der Waals surface area contributed by atoms with E-state index in [1.807, 2.05) is 42.0 Å². The van der Waals surface area contributed by atoms with Gasteiger partial charge in [-0.1, -0.05) is 12.1 Å². The van der Waals surface area contributed by atoms with Gasteiger partial charge in [0.05, 0.1) is 0 Å². The smallest absolute Gasteiger partial charge is 0.314 e. The second-order valence-electron chi connectivity index (χ2n) is 7.56. The van der Waals surface area contributed by atoms with Gasteiger partial charge in [0.1, 0.15) is 23.7 Å². The number of carboxylic acids is 1. The van der Waals surface area contributed by atoms with Crippen LogP contribution in [0.25, 0.3) is 5.69 Å². The molecule has 0 atom stereocenters. The zero-order chi connectivity index (χ0) is 22.0. The average molecular weight is 428 g/mol. The lowest BCUT2D eigenvalue weighted by atomic mass is 9.74. The largest absolute Gasteiger partial charge is 0.486 e. The third-order valence-corrected chi connectivity index (χ3v) is 5.71. The molecule has 0 radical (unpaired) electrons. The summed E-state index contributed by atoms with van der Waals surface area (Å²) in [6.45, 7) is 2.23. The van der Waals surface area contributed by atoms with E-state index in [1.54, 1.807) is 6.20 Å². The van der Waals surface area contributed by atoms with E-state index in [9.17, 15) is 14.3 Å². The Balaban J connectivity index is 1.57. The first kappa shape index (κ1) is 21.0. The summed E-state index contributed by atoms with van der Waals surface area (Å²) in [5, 5.41) is 9.79. The minimum atomic E-state index is -1.53. The van der Waals surface area contributed by atoms with E-state index in [0.717, 1.165) is 29.2 Å². The fourth-order valence-corrected chi connectivity index (χ4v) is 3.90. The van der Waals surface area contributed by atoms with Crippen LogP contribution in [0.2, 0.25) is 0 Å². The van der Waals surface area contributed by atoms with Gasteiger partial charge in [0.2, 0.25) is 0 Å². The number of carbonyl (C=O) groups is 1. The Bertz CT molecular complexity index is 1090. The predicted octanol–water partition coefficient (Wildman–Crippen LogP) is 4.17. The van der Waals surface area contributed by atoms with Crippen molar-refractivity contribution in [3.63, 3.8) is 0 Å². The Labute approximate surface area is 178 Å². The van der Waals surface area contributed by atoms with E-state index in [1.165, 1.54) is 0 Å². The molecule has 1 fully saturated rings. The predicted molar refractivity (Wildman–Crippen MR) is 108 cm³/mol. The Kier molecular flexibility index (Phi) is 5.73. The van der Waals surface area contributed by atoms with Crippen LogP contribution in [0.4, 0.5) is 8.78 Å². The van der Waals surface area contributed by atoms with Gasteiger partial charge in [0.15, 0.2) is 11.6 Å². The average Bonchev–Trinajstić information content (AvgIpc) is 3.20. The van der Waals surface area contributed by atoms with Gasteiger partial charge in [-0.2, -0.15) is 0 Å². The number of hydrogen-bond donors (Lipinski definition) is 1. The maximum absolute atomic E-state index is 15.2. The number of imidazole rings is 1. The van der Waals surface area contributed by atoms with Crippen molar-refractivity contribution in [2.45, 2.75) is 31.8 Å². The fraction of sp³-hybridized carbons (Fsp3) is 0.304. The van der Waals surface area contributed by atoms with Crippen LogP contribution in [0, 0.1) is 18.6 Å². The van der Waals surface area contributed by atoms with Crippen LogP contribution in [0.3, 0.4) is 0 Å². The Hall–Kier alpha value is -3.26. The Morgan fingerprint density at radius 3 is 2.55 bits per heavy atom. The Morgan fingerprint density at radius 2 is 1.94 bits per heavy atom. The van der Waals surface area contributed by atoms with Gasteiger partial charge in [-0.3, -0.25) is 4.79 Å². The molecule has 0 unspecified atom stereocenters. The van der Waals surface area contributed by atoms with Crippen LogP contribution in [-0.4, -0.2) is 33.8 Å². The lowest BCUT2D eigenvalue weighted by Gasteiger charge is -2.34. The molecule has 2 heterocycles. The van der Waals surface area contributed by atoms with Crippen molar-refractivity contribution < 1.29 is 28.2 Å². The third kappa shape index (κ3) is 4.03. The van der Waals surface area contributed by atoms with Crippen molar-refractivity contribution in [3.05, 3.63) is 77.4 Å². The number of ether oxygens (including phenoxy) is 2. The molecule has 8 heteroatoms. The number of rotatable bonds is 6. The summed E-state index contributed by atoms with van der Waals surface area (Å²) in [4.78, 5) is 16.2. The number of halogens is 2. The van der Waals surface area contributed by atoms with Gasteiger partial charge in [-0.25, -0.2) is 13.8 Å². The first-order valence-electron chi connectivity index (χ1n) is 9.93. The zero-order valence-electron chi connectivity index (χ0n) is 17.0. The molecule has 3 aromatic rings. The summed E-state index contributed by atoms with van der Waals surface area (Å²) in [5.74, 6) is -2.26. The normalized spacial score (nSPS) is 15.6. The maximum atomic E-state index is 15.2. The van der Waals surface area contributed by atoms with Crippen LogP contribution >= 0.6 is 0 Å². The van der Waals surface area contributed by atoms with E-state index >= 15 is 4.39 Å². The standard InChI is InChI=1S/C23H22F2N2O4/c1-15-26-8-9-27(15)18-4-2-16(3-5-18)14-31-20-13-17(24)12-19(21(20)25)23(22(28)29)6-10-30-11-7-23/h2-5,8-9,12-13H,6-7,10-11,14H2,1H3,(H,28,29). The molecule has 31 heavy (non-hydrogen) atoms. The molecule has 1 N–H and O–H groups in total. The SMILES string of the molecule is Cc1nccn1-c1ccc(COc2cc(F)cc(C3(C(=O)O)CCOCC3)c2F)cc1. The molecule has 1 aromatic heterocycles. The second-order valence-corrected chi connectivity index (χ2v) is 7.56. The number of carboxylic acid groups (broad SMARTS) is 1. The van der Waals surface area contributed by atoms with Crippen molar-refractivity contribution in [1.29, 1.82) is 0 Å². The lowest BCUT2D eigenvalue weighted by Crippen LogP contribution is -2.42. The van der Waals surface area contributed by atoms with Gasteiger partial charge in [-0.05, 0) is 43.5 Å². The molecule has 0 amide bonds. The molecule has 6 nitrogen and oxygen atoms in total. The van der Waals surface area contributed by atoms with Gasteiger partial charge in [-0.15, -0.1) is 0 Å². The number of aromatic nitrogens is 2. The minimum Gasteiger partial charge on any atom is -0.486 e. The molecule has 0 aliphatic carbocycles. The van der Waals surface area contributed by atoms with Crippen LogP contribution in [0.5, 0.6) is 5.75 Å². The zero-order valence-corrected chi connectivity index (χ0v) is 17.0. The number of benzene rings is 2. The van der Waals surface area contributed by atoms with Gasteiger partial charge >= 0.3 is 5.97 Å². The number of aryl methyl sites for hydroxylation is 1. The third-order valence-electron chi connectivity index (χ3n) is 5.71. The lowest BCUT2D eigenvalue weighted by molar-refractivity contribution is -0.148. The van der Waals surface area contributed by atoms with E-state index in [-0.39, 0.29) is 44.0 Å². The van der Waals surface area contributed by atoms with Gasteiger partial charge < -0.3 is 19.1 Å². The summed E-state index contributed by atoms with van der Waals surface area (Å²) in [6.07, 6.45) is 3.69. The van der Waals surface area contributed by atoms with Crippen molar-refractivity contribution in [3.8, 4) is 11.4 Å². The maximum Gasteiger partial charge on any atom is 0.314 e. The monoisotopic (exact) mass is 428 g/mol. The van der Waals surface area contributed by atoms with E-state index in [0.29, 0.717) is 0 Å². The second kappa shape index (κ2) is 8.47. The van der Waals surface area contributed by atoms with Crippen molar-refractivity contribution >= 4 is 5.97 Å². The molecule has 2 aromatic carbocycles.